The van der Waals surface area contributed by atoms with Crippen LogP contribution in [0.1, 0.15) is 73.6 Å². The summed E-state index contributed by atoms with van der Waals surface area (Å²) in [4.78, 5) is 37.1. The lowest BCUT2D eigenvalue weighted by Crippen LogP contribution is -2.67. The van der Waals surface area contributed by atoms with Gasteiger partial charge in [0.2, 0.25) is 11.8 Å². The minimum atomic E-state index is -4.17. The van der Waals surface area contributed by atoms with E-state index < -0.39 is 16.1 Å². The highest BCUT2D eigenvalue weighted by Crippen LogP contribution is 2.60. The van der Waals surface area contributed by atoms with Gasteiger partial charge in [0.15, 0.2) is 0 Å². The van der Waals surface area contributed by atoms with Crippen LogP contribution < -0.4 is 14.4 Å². The highest BCUT2D eigenvalue weighted by molar-refractivity contribution is 7.92. The zero-order chi connectivity index (χ0) is 34.7. The lowest BCUT2D eigenvalue weighted by molar-refractivity contribution is -0.0215. The maximum absolute atomic E-state index is 14.5. The van der Waals surface area contributed by atoms with Crippen LogP contribution in [0.15, 0.2) is 65.8 Å². The minimum Gasteiger partial charge on any atom is -0.475 e. The van der Waals surface area contributed by atoms with E-state index in [1.807, 2.05) is 32.0 Å². The zero-order valence-electron chi connectivity index (χ0n) is 28.9. The van der Waals surface area contributed by atoms with E-state index in [1.165, 1.54) is 31.4 Å². The first-order chi connectivity index (χ1) is 23.2. The standard InChI is InChI=1S/C37H43N7O4S/c1-23-9-7-10-24(2)33(23)30-14-32-41-35(40-30)42-49(46,47)29-12-8-11-26(13-29)34(45)44(28(22-48-32)18-36(3,4)5)21-27-19-38-20-31(39-27)43(6)37-15-25(16-37)17-37/h7-14,19-20,25,28H,15-18,21-22H2,1-6H3,(H,40,41,42)/t25?,28-,37?/m1/s1. The van der Waals surface area contributed by atoms with Crippen molar-refractivity contribution in [3.63, 3.8) is 0 Å². The van der Waals surface area contributed by atoms with Crippen LogP contribution in [0.2, 0.25) is 0 Å². The zero-order valence-corrected chi connectivity index (χ0v) is 29.7. The molecule has 0 radical (unpaired) electrons. The number of benzene rings is 2. The molecule has 3 heterocycles. The fourth-order valence-corrected chi connectivity index (χ4v) is 8.43. The third-order valence-corrected chi connectivity index (χ3v) is 11.4. The topological polar surface area (TPSA) is 131 Å². The van der Waals surface area contributed by atoms with Crippen LogP contribution in [0.25, 0.3) is 11.3 Å². The van der Waals surface area contributed by atoms with Gasteiger partial charge < -0.3 is 14.5 Å². The Balaban J connectivity index is 1.32. The van der Waals surface area contributed by atoms with Gasteiger partial charge in [-0.05, 0) is 80.2 Å². The van der Waals surface area contributed by atoms with E-state index in [4.69, 9.17) is 9.72 Å². The Hall–Kier alpha value is -4.58. The van der Waals surface area contributed by atoms with Crippen molar-refractivity contribution in [3.8, 4) is 17.1 Å². The number of aromatic nitrogens is 4. The number of rotatable bonds is 6. The summed E-state index contributed by atoms with van der Waals surface area (Å²) in [7, 11) is -2.10. The summed E-state index contributed by atoms with van der Waals surface area (Å²) in [6.07, 6.45) is 7.59. The molecule has 2 aromatic carbocycles. The van der Waals surface area contributed by atoms with E-state index >= 15 is 0 Å². The third-order valence-electron chi connectivity index (χ3n) is 10.1. The number of amides is 1. The van der Waals surface area contributed by atoms with Crippen molar-refractivity contribution >= 4 is 27.7 Å². The number of carbonyl (C=O) groups excluding carboxylic acids is 1. The van der Waals surface area contributed by atoms with Crippen molar-refractivity contribution in [2.75, 3.05) is 23.3 Å². The quantitative estimate of drug-likeness (QED) is 0.254. The first kappa shape index (κ1) is 32.9. The average Bonchev–Trinajstić information content (AvgIpc) is 2.99. The van der Waals surface area contributed by atoms with E-state index in [1.54, 1.807) is 35.5 Å². The van der Waals surface area contributed by atoms with Gasteiger partial charge in [-0.3, -0.25) is 9.78 Å². The van der Waals surface area contributed by atoms with Gasteiger partial charge in [-0.15, -0.1) is 0 Å². The summed E-state index contributed by atoms with van der Waals surface area (Å²) in [6, 6.07) is 13.3. The Morgan fingerprint density at radius 3 is 2.39 bits per heavy atom. The van der Waals surface area contributed by atoms with E-state index in [9.17, 15) is 13.2 Å². The summed E-state index contributed by atoms with van der Waals surface area (Å²) in [5.41, 5.74) is 4.21. The van der Waals surface area contributed by atoms with Crippen LogP contribution in [0, 0.1) is 25.2 Å². The number of carbonyl (C=O) groups is 1. The average molecular weight is 682 g/mol. The van der Waals surface area contributed by atoms with Gasteiger partial charge in [-0.1, -0.05) is 45.0 Å². The molecule has 1 amide bonds. The van der Waals surface area contributed by atoms with E-state index in [-0.39, 0.29) is 52.3 Å². The molecule has 11 nitrogen and oxygen atoms in total. The van der Waals surface area contributed by atoms with E-state index in [2.05, 4.69) is 52.4 Å². The third kappa shape index (κ3) is 6.46. The number of nitrogens with zero attached hydrogens (tertiary/aromatic N) is 6. The lowest BCUT2D eigenvalue weighted by atomic mass is 9.49. The summed E-state index contributed by atoms with van der Waals surface area (Å²) in [6.45, 7) is 10.6. The van der Waals surface area contributed by atoms with Crippen LogP contribution in [0.3, 0.4) is 0 Å². The number of anilines is 2. The fourth-order valence-electron chi connectivity index (χ4n) is 7.44. The smallest absolute Gasteiger partial charge is 0.264 e. The van der Waals surface area contributed by atoms with Crippen LogP contribution >= 0.6 is 0 Å². The van der Waals surface area contributed by atoms with Gasteiger partial charge in [0.25, 0.3) is 15.9 Å². The van der Waals surface area contributed by atoms with Gasteiger partial charge >= 0.3 is 0 Å². The molecule has 2 aromatic heterocycles. The highest BCUT2D eigenvalue weighted by atomic mass is 32.2. The number of aryl methyl sites for hydroxylation is 2. The van der Waals surface area contributed by atoms with Crippen LogP contribution in [-0.4, -0.2) is 64.4 Å². The molecule has 256 valence electrons. The van der Waals surface area contributed by atoms with Crippen LogP contribution in [0.4, 0.5) is 11.8 Å². The monoisotopic (exact) mass is 681 g/mol. The summed E-state index contributed by atoms with van der Waals surface area (Å²) >= 11 is 0. The summed E-state index contributed by atoms with van der Waals surface area (Å²) in [5, 5.41) is 0. The number of ether oxygens (including phenoxy) is 1. The second kappa shape index (κ2) is 12.1. The first-order valence-electron chi connectivity index (χ1n) is 16.8. The van der Waals surface area contributed by atoms with E-state index in [0.29, 0.717) is 17.8 Å². The largest absolute Gasteiger partial charge is 0.475 e. The number of nitrogens with one attached hydrogen (secondary N) is 1. The fraction of sp³-hybridized carbons (Fsp3) is 0.432. The highest BCUT2D eigenvalue weighted by Gasteiger charge is 2.59. The second-order valence-electron chi connectivity index (χ2n) is 15.1. The molecule has 6 bridgehead atoms. The van der Waals surface area contributed by atoms with Crippen molar-refractivity contribution in [1.29, 1.82) is 0 Å². The number of hydrogen-bond donors (Lipinski definition) is 1. The molecule has 12 heteroatoms. The summed E-state index contributed by atoms with van der Waals surface area (Å²) in [5.74, 6) is 1.35. The molecular weight excluding hydrogens is 639 g/mol. The Morgan fingerprint density at radius 1 is 1.00 bits per heavy atom. The Kier molecular flexibility index (Phi) is 8.12. The maximum Gasteiger partial charge on any atom is 0.264 e. The first-order valence-corrected chi connectivity index (χ1v) is 18.3. The SMILES string of the molecule is Cc1cccc(C)c1-c1cc2nc(n1)NS(=O)(=O)c1cccc(c1)C(=O)N(Cc1cncc(N(C)C34CC(C3)C4)n1)[C@H](CC(C)(C)C)CO2. The predicted molar refractivity (Wildman–Crippen MR) is 188 cm³/mol. The van der Waals surface area contributed by atoms with Gasteiger partial charge in [0, 0.05) is 29.8 Å². The molecule has 0 saturated heterocycles. The van der Waals surface area contributed by atoms with Crippen molar-refractivity contribution in [2.45, 2.75) is 83.3 Å². The number of hydrogen-bond acceptors (Lipinski definition) is 9. The van der Waals surface area contributed by atoms with E-state index in [0.717, 1.165) is 28.4 Å². The van der Waals surface area contributed by atoms with Gasteiger partial charge in [0.05, 0.1) is 41.3 Å². The Morgan fingerprint density at radius 2 is 1.71 bits per heavy atom. The Labute approximate surface area is 288 Å². The van der Waals surface area contributed by atoms with Crippen molar-refractivity contribution in [2.24, 2.45) is 11.3 Å². The molecule has 0 unspecified atom stereocenters. The Bertz CT molecular complexity index is 2010. The molecule has 8 rings (SSSR count). The van der Waals surface area contributed by atoms with Crippen LogP contribution in [0.5, 0.6) is 5.88 Å². The van der Waals surface area contributed by atoms with Crippen molar-refractivity contribution in [1.82, 2.24) is 24.8 Å². The molecule has 1 aliphatic heterocycles. The van der Waals surface area contributed by atoms with Crippen LogP contribution in [-0.2, 0) is 16.6 Å². The van der Waals surface area contributed by atoms with Gasteiger partial charge in [0.1, 0.15) is 12.4 Å². The van der Waals surface area contributed by atoms with Crippen molar-refractivity contribution in [3.05, 3.63) is 83.3 Å². The summed E-state index contributed by atoms with van der Waals surface area (Å²) < 4.78 is 36.4. The molecule has 3 saturated carbocycles. The predicted octanol–water partition coefficient (Wildman–Crippen LogP) is 6.18. The molecule has 3 aliphatic carbocycles. The molecule has 1 N–H and O–H groups in total. The molecule has 3 fully saturated rings. The molecule has 49 heavy (non-hydrogen) atoms. The van der Waals surface area contributed by atoms with Crippen molar-refractivity contribution < 1.29 is 17.9 Å². The second-order valence-corrected chi connectivity index (χ2v) is 16.8. The maximum atomic E-state index is 14.5. The molecule has 4 aromatic rings. The number of fused-ring (bicyclic) bond motifs is 4. The number of sulfonamides is 1. The van der Waals surface area contributed by atoms with Gasteiger partial charge in [-0.25, -0.2) is 23.1 Å². The lowest BCUT2D eigenvalue weighted by Gasteiger charge is -2.65. The molecule has 4 aliphatic rings. The normalized spacial score (nSPS) is 22.7. The molecular formula is C37H43N7O4S. The molecule has 1 atom stereocenters. The molecule has 0 spiro atoms. The minimum absolute atomic E-state index is 0.0737. The van der Waals surface area contributed by atoms with Gasteiger partial charge in [-0.2, -0.15) is 4.98 Å².